The number of ether oxygens (including phenoxy) is 2. The summed E-state index contributed by atoms with van der Waals surface area (Å²) in [7, 11) is -5.33. The van der Waals surface area contributed by atoms with E-state index < -0.39 is 49.7 Å². The predicted octanol–water partition coefficient (Wildman–Crippen LogP) is 5.52. The summed E-state index contributed by atoms with van der Waals surface area (Å²) in [6, 6.07) is 19.1. The number of sulfonamides is 2. The molecule has 0 bridgehead atoms. The van der Waals surface area contributed by atoms with E-state index in [4.69, 9.17) is 30.8 Å². The van der Waals surface area contributed by atoms with Crippen LogP contribution in [0.3, 0.4) is 0 Å². The molecule has 0 heterocycles. The zero-order chi connectivity index (χ0) is 39.3. The highest BCUT2D eigenvalue weighted by Gasteiger charge is 2.35. The van der Waals surface area contributed by atoms with Crippen LogP contribution >= 0.6 is 21.4 Å². The van der Waals surface area contributed by atoms with Crippen LogP contribution < -0.4 is 18.9 Å². The van der Waals surface area contributed by atoms with E-state index in [2.05, 4.69) is 9.44 Å². The Kier molecular flexibility index (Phi) is 12.6. The molecule has 20 heteroatoms. The topological polar surface area (TPSA) is 213 Å². The van der Waals surface area contributed by atoms with Crippen molar-refractivity contribution in [1.82, 2.24) is 0 Å². The fourth-order valence-electron chi connectivity index (χ4n) is 5.40. The monoisotopic (exact) mass is 858 g/mol. The molecular weight excluding hydrogens is 828 g/mol. The fraction of sp³-hybridized carbons (Fsp3) is 0.235. The van der Waals surface area contributed by atoms with Crippen molar-refractivity contribution in [2.24, 2.45) is 0 Å². The molecule has 0 amide bonds. The van der Waals surface area contributed by atoms with Gasteiger partial charge in [-0.2, -0.15) is 0 Å². The largest absolute Gasteiger partial charge is 0.494 e. The van der Waals surface area contributed by atoms with Gasteiger partial charge < -0.3 is 9.47 Å². The second-order valence-electron chi connectivity index (χ2n) is 11.9. The van der Waals surface area contributed by atoms with Crippen molar-refractivity contribution in [3.8, 4) is 11.5 Å². The highest BCUT2D eigenvalue weighted by Crippen LogP contribution is 2.37. The molecule has 1 aliphatic rings. The van der Waals surface area contributed by atoms with Crippen LogP contribution in [-0.4, -0.2) is 70.0 Å². The average molecular weight is 860 g/mol. The Hall–Kier alpha value is -4.20. The lowest BCUT2D eigenvalue weighted by atomic mass is 9.82. The van der Waals surface area contributed by atoms with E-state index in [0.29, 0.717) is 24.3 Å². The molecule has 288 valence electrons. The molecule has 0 fully saturated rings. The van der Waals surface area contributed by atoms with Crippen molar-refractivity contribution >= 4 is 82.5 Å². The van der Waals surface area contributed by atoms with Crippen LogP contribution in [0, 0.1) is 0 Å². The lowest BCUT2D eigenvalue weighted by Gasteiger charge is -2.23. The van der Waals surface area contributed by atoms with Crippen molar-refractivity contribution < 1.29 is 52.7 Å². The molecule has 0 radical (unpaired) electrons. The maximum absolute atomic E-state index is 13.7. The van der Waals surface area contributed by atoms with Gasteiger partial charge in [0.1, 0.15) is 11.5 Å². The zero-order valence-corrected chi connectivity index (χ0v) is 32.8. The number of anilines is 2. The first-order valence-electron chi connectivity index (χ1n) is 16.1. The number of fused-ring (bicyclic) bond motifs is 2. The number of nitrogens with one attached hydrogen (secondary N) is 2. The number of halogens is 2. The second-order valence-corrected chi connectivity index (χ2v) is 20.7. The third-order valence-corrected chi connectivity index (χ3v) is 13.4. The minimum atomic E-state index is -4.08. The van der Waals surface area contributed by atoms with Gasteiger partial charge in [0.2, 0.25) is 20.0 Å². The molecule has 4 aromatic carbocycles. The molecule has 14 nitrogen and oxygen atoms in total. The first kappa shape index (κ1) is 41.0. The van der Waals surface area contributed by atoms with E-state index in [1.165, 1.54) is 72.8 Å². The molecule has 0 aromatic heterocycles. The summed E-state index contributed by atoms with van der Waals surface area (Å²) in [6.45, 7) is 0.223. The van der Waals surface area contributed by atoms with Crippen LogP contribution in [0.25, 0.3) is 0 Å². The van der Waals surface area contributed by atoms with Crippen molar-refractivity contribution in [3.05, 3.63) is 107 Å². The molecule has 4 aromatic rings. The molecule has 54 heavy (non-hydrogen) atoms. The lowest BCUT2D eigenvalue weighted by Crippen LogP contribution is -2.27. The number of benzene rings is 4. The number of hydrogen-bond donors (Lipinski definition) is 2. The smallest absolute Gasteiger partial charge is 0.261 e. The van der Waals surface area contributed by atoms with Gasteiger partial charge >= 0.3 is 0 Å². The lowest BCUT2D eigenvalue weighted by molar-refractivity contribution is 0.0980. The van der Waals surface area contributed by atoms with Crippen molar-refractivity contribution in [1.29, 1.82) is 0 Å². The van der Waals surface area contributed by atoms with Crippen LogP contribution in [0.1, 0.15) is 57.5 Å². The molecule has 1 aliphatic carbocycles. The van der Waals surface area contributed by atoms with Crippen LogP contribution in [0.2, 0.25) is 0 Å². The number of unbranched alkanes of at least 4 members (excludes halogenated alkanes) is 2. The minimum Gasteiger partial charge on any atom is -0.494 e. The summed E-state index contributed by atoms with van der Waals surface area (Å²) in [5.74, 6) is -1.40. The van der Waals surface area contributed by atoms with Crippen molar-refractivity contribution in [2.75, 3.05) is 34.2 Å². The first-order valence-corrected chi connectivity index (χ1v) is 24.0. The molecule has 0 aliphatic heterocycles. The number of carbonyl (C=O) groups is 2. The van der Waals surface area contributed by atoms with Gasteiger partial charge in [-0.15, -0.1) is 0 Å². The second kappa shape index (κ2) is 16.7. The van der Waals surface area contributed by atoms with Crippen molar-refractivity contribution in [3.63, 3.8) is 0 Å². The van der Waals surface area contributed by atoms with Gasteiger partial charge in [-0.3, -0.25) is 19.0 Å². The van der Waals surface area contributed by atoms with Crippen molar-refractivity contribution in [2.45, 2.75) is 35.5 Å². The summed E-state index contributed by atoms with van der Waals surface area (Å²) in [5, 5.41) is 0. The Morgan fingerprint density at radius 2 is 0.833 bits per heavy atom. The summed E-state index contributed by atoms with van der Waals surface area (Å²) < 4.78 is 114. The number of carbonyl (C=O) groups excluding carboxylic acids is 2. The van der Waals surface area contributed by atoms with Gasteiger partial charge in [0.05, 0.1) is 57.0 Å². The zero-order valence-electron chi connectivity index (χ0n) is 28.0. The number of rotatable bonds is 18. The van der Waals surface area contributed by atoms with Crippen LogP contribution in [-0.2, 0) is 38.1 Å². The first-order chi connectivity index (χ1) is 25.3. The highest BCUT2D eigenvalue weighted by molar-refractivity contribution is 8.14. The van der Waals surface area contributed by atoms with Gasteiger partial charge in [-0.1, -0.05) is 24.3 Å². The third kappa shape index (κ3) is 10.5. The average Bonchev–Trinajstić information content (AvgIpc) is 3.10. The summed E-state index contributed by atoms with van der Waals surface area (Å²) in [5.41, 5.74) is -0.920. The summed E-state index contributed by atoms with van der Waals surface area (Å²) >= 11 is 0. The Morgan fingerprint density at radius 1 is 0.481 bits per heavy atom. The minimum absolute atomic E-state index is 0.0307. The maximum Gasteiger partial charge on any atom is 0.261 e. The predicted molar refractivity (Wildman–Crippen MR) is 203 cm³/mol. The van der Waals surface area contributed by atoms with Gasteiger partial charge in [0.15, 0.2) is 11.6 Å². The van der Waals surface area contributed by atoms with Gasteiger partial charge in [-0.25, -0.2) is 33.7 Å². The van der Waals surface area contributed by atoms with E-state index in [1.54, 1.807) is 12.1 Å². The van der Waals surface area contributed by atoms with Gasteiger partial charge in [0.25, 0.3) is 18.1 Å². The quantitative estimate of drug-likeness (QED) is 0.0824. The molecule has 0 spiro atoms. The third-order valence-electron chi connectivity index (χ3n) is 7.97. The van der Waals surface area contributed by atoms with Gasteiger partial charge in [0, 0.05) is 32.5 Å². The molecular formula is C34H32Cl2N2O12S4. The maximum atomic E-state index is 13.7. The Labute approximate surface area is 321 Å². The summed E-state index contributed by atoms with van der Waals surface area (Å²) in [4.78, 5) is 27.3. The van der Waals surface area contributed by atoms with Gasteiger partial charge in [-0.05, 0) is 86.3 Å². The van der Waals surface area contributed by atoms with E-state index in [-0.39, 0.29) is 81.0 Å². The normalized spacial score (nSPS) is 13.1. The SMILES string of the molecule is O=C1c2ccccc2C(=O)c2c(NS(=O)(=O)CCCCOc3ccc(S(=O)(=O)Cl)cc3)ccc(NS(=O)(=O)CCCCOc3ccc(S(=O)(=O)Cl)cc3)c21. The number of ketones is 2. The number of hydrogen-bond acceptors (Lipinski definition) is 12. The Balaban J connectivity index is 1.23. The van der Waals surface area contributed by atoms with Crippen LogP contribution in [0.5, 0.6) is 11.5 Å². The van der Waals surface area contributed by atoms with Crippen LogP contribution in [0.4, 0.5) is 11.4 Å². The Bertz CT molecular complexity index is 2340. The highest BCUT2D eigenvalue weighted by atomic mass is 35.7. The van der Waals surface area contributed by atoms with E-state index in [1.807, 2.05) is 0 Å². The molecule has 0 atom stereocenters. The molecule has 0 saturated carbocycles. The van der Waals surface area contributed by atoms with E-state index >= 15 is 0 Å². The standard InChI is InChI=1S/C34H32Cl2N2O12S4/c35-53(45,46)25-13-9-23(10-14-25)49-19-3-5-21-51(41,42)37-29-17-18-30(32-31(29)33(39)27-7-1-2-8-28(27)34(32)40)38-52(43,44)22-6-4-20-50-24-11-15-26(16-12-24)54(36,47)48/h1-2,7-18,37-38H,3-6,19-22H2. The summed E-state index contributed by atoms with van der Waals surface area (Å²) in [6.07, 6.45) is 0.852. The van der Waals surface area contributed by atoms with E-state index in [0.717, 1.165) is 0 Å². The van der Waals surface area contributed by atoms with E-state index in [9.17, 15) is 43.3 Å². The molecule has 2 N–H and O–H groups in total. The fourth-order valence-corrected chi connectivity index (χ4v) is 9.32. The Morgan fingerprint density at radius 3 is 1.17 bits per heavy atom. The molecule has 0 unspecified atom stereocenters. The molecule has 5 rings (SSSR count). The van der Waals surface area contributed by atoms with Crippen LogP contribution in [0.15, 0.2) is 94.7 Å². The molecule has 0 saturated heterocycles.